The van der Waals surface area contributed by atoms with Crippen molar-refractivity contribution < 1.29 is 13.2 Å². The van der Waals surface area contributed by atoms with Gasteiger partial charge >= 0.3 is 0 Å². The minimum absolute atomic E-state index is 0.0236. The quantitative estimate of drug-likeness (QED) is 0.776. The van der Waals surface area contributed by atoms with E-state index in [1.54, 1.807) is 23.3 Å². The molecule has 1 aromatic heterocycles. The van der Waals surface area contributed by atoms with Crippen molar-refractivity contribution in [1.29, 1.82) is 0 Å². The molecular formula is C19H25N3O3S2. The molecule has 4 rings (SSSR count). The van der Waals surface area contributed by atoms with Gasteiger partial charge in [0.2, 0.25) is 5.91 Å². The Balaban J connectivity index is 1.30. The van der Waals surface area contributed by atoms with Crippen LogP contribution in [0.1, 0.15) is 30.2 Å². The zero-order valence-corrected chi connectivity index (χ0v) is 17.1. The number of sulfone groups is 1. The van der Waals surface area contributed by atoms with E-state index in [1.165, 1.54) is 9.71 Å². The first-order valence-corrected chi connectivity index (χ1v) is 12.1. The van der Waals surface area contributed by atoms with Crippen LogP contribution in [-0.4, -0.2) is 73.3 Å². The van der Waals surface area contributed by atoms with Crippen LogP contribution in [0, 0.1) is 0 Å². The molecular weight excluding hydrogens is 382 g/mol. The maximum absolute atomic E-state index is 12.6. The summed E-state index contributed by atoms with van der Waals surface area (Å²) in [5.41, 5.74) is 1.07. The third kappa shape index (κ3) is 4.17. The molecule has 0 bridgehead atoms. The molecule has 1 aromatic carbocycles. The number of carbonyl (C=O) groups is 1. The Morgan fingerprint density at radius 3 is 2.67 bits per heavy atom. The Morgan fingerprint density at radius 1 is 1.26 bits per heavy atom. The standard InChI is InChI=1S/C19H25N3O3S2/c1-21(15-8-11-27(24,25)13-15)18(23)12-22-9-6-14(7-10-22)19-20-16-4-2-3-5-17(16)26-19/h2-5,14-15H,6-13H2,1H3/t15-/m1/s1. The Morgan fingerprint density at radius 2 is 2.00 bits per heavy atom. The van der Waals surface area contributed by atoms with Gasteiger partial charge in [0.1, 0.15) is 0 Å². The Kier molecular flexibility index (Phi) is 5.22. The lowest BCUT2D eigenvalue weighted by Crippen LogP contribution is -2.45. The lowest BCUT2D eigenvalue weighted by molar-refractivity contribution is -0.133. The van der Waals surface area contributed by atoms with Crippen LogP contribution in [0.4, 0.5) is 0 Å². The van der Waals surface area contributed by atoms with Gasteiger partial charge in [0.15, 0.2) is 9.84 Å². The molecule has 3 heterocycles. The summed E-state index contributed by atoms with van der Waals surface area (Å²) in [4.78, 5) is 21.2. The number of para-hydroxylation sites is 1. The van der Waals surface area contributed by atoms with E-state index in [1.807, 2.05) is 12.1 Å². The van der Waals surface area contributed by atoms with Crippen molar-refractivity contribution in [3.63, 3.8) is 0 Å². The van der Waals surface area contributed by atoms with Gasteiger partial charge in [0.25, 0.3) is 0 Å². The fourth-order valence-corrected chi connectivity index (χ4v) is 6.90. The first-order chi connectivity index (χ1) is 12.9. The number of likely N-dealkylation sites (tertiary alicyclic amines) is 1. The van der Waals surface area contributed by atoms with Crippen molar-refractivity contribution >= 4 is 37.3 Å². The molecule has 0 unspecified atom stereocenters. The number of aromatic nitrogens is 1. The number of rotatable bonds is 4. The van der Waals surface area contributed by atoms with Crippen LogP contribution in [0.3, 0.4) is 0 Å². The number of amides is 1. The Bertz CT molecular complexity index is 900. The number of hydrogen-bond donors (Lipinski definition) is 0. The average Bonchev–Trinajstić information content (AvgIpc) is 3.24. The number of hydrogen-bond acceptors (Lipinski definition) is 6. The first-order valence-electron chi connectivity index (χ1n) is 9.45. The van der Waals surface area contributed by atoms with Gasteiger partial charge in [-0.15, -0.1) is 11.3 Å². The van der Waals surface area contributed by atoms with Gasteiger partial charge in [-0.3, -0.25) is 9.69 Å². The van der Waals surface area contributed by atoms with Gasteiger partial charge in [-0.2, -0.15) is 0 Å². The molecule has 0 N–H and O–H groups in total. The van der Waals surface area contributed by atoms with E-state index in [4.69, 9.17) is 4.98 Å². The zero-order chi connectivity index (χ0) is 19.0. The normalized spacial score (nSPS) is 23.7. The van der Waals surface area contributed by atoms with E-state index < -0.39 is 9.84 Å². The summed E-state index contributed by atoms with van der Waals surface area (Å²) in [6, 6.07) is 8.07. The summed E-state index contributed by atoms with van der Waals surface area (Å²) in [6.45, 7) is 2.13. The maximum atomic E-state index is 12.6. The van der Waals surface area contributed by atoms with E-state index in [0.29, 0.717) is 18.9 Å². The molecule has 0 aliphatic carbocycles. The molecule has 2 aliphatic rings. The highest BCUT2D eigenvalue weighted by Gasteiger charge is 2.33. The predicted octanol–water partition coefficient (Wildman–Crippen LogP) is 2.12. The van der Waals surface area contributed by atoms with Crippen LogP contribution in [-0.2, 0) is 14.6 Å². The van der Waals surface area contributed by atoms with E-state index >= 15 is 0 Å². The minimum Gasteiger partial charge on any atom is -0.341 e. The van der Waals surface area contributed by atoms with Gasteiger partial charge in [0, 0.05) is 19.0 Å². The van der Waals surface area contributed by atoms with E-state index in [0.717, 1.165) is 31.4 Å². The number of fused-ring (bicyclic) bond motifs is 1. The fourth-order valence-electron chi connectivity index (χ4n) is 3.99. The topological polar surface area (TPSA) is 70.6 Å². The third-order valence-corrected chi connectivity index (χ3v) is 8.70. The second-order valence-electron chi connectivity index (χ2n) is 7.63. The molecule has 8 heteroatoms. The highest BCUT2D eigenvalue weighted by molar-refractivity contribution is 7.91. The lowest BCUT2D eigenvalue weighted by Gasteiger charge is -2.32. The van der Waals surface area contributed by atoms with Crippen LogP contribution in [0.5, 0.6) is 0 Å². The predicted molar refractivity (Wildman–Crippen MR) is 108 cm³/mol. The molecule has 146 valence electrons. The van der Waals surface area contributed by atoms with Crippen molar-refractivity contribution in [1.82, 2.24) is 14.8 Å². The van der Waals surface area contributed by atoms with E-state index in [2.05, 4.69) is 17.0 Å². The highest BCUT2D eigenvalue weighted by Crippen LogP contribution is 2.33. The molecule has 1 atom stereocenters. The Hall–Kier alpha value is -1.51. The van der Waals surface area contributed by atoms with Gasteiger partial charge in [-0.05, 0) is 44.5 Å². The summed E-state index contributed by atoms with van der Waals surface area (Å²) in [7, 11) is -1.23. The van der Waals surface area contributed by atoms with Crippen molar-refractivity contribution in [2.24, 2.45) is 0 Å². The smallest absolute Gasteiger partial charge is 0.236 e. The van der Waals surface area contributed by atoms with Gasteiger partial charge in [-0.25, -0.2) is 13.4 Å². The fraction of sp³-hybridized carbons (Fsp3) is 0.579. The summed E-state index contributed by atoms with van der Waals surface area (Å²) < 4.78 is 24.5. The number of thiazole rings is 1. The number of carbonyl (C=O) groups excluding carboxylic acids is 1. The molecule has 2 saturated heterocycles. The molecule has 6 nitrogen and oxygen atoms in total. The molecule has 1 amide bonds. The van der Waals surface area contributed by atoms with Crippen LogP contribution >= 0.6 is 11.3 Å². The average molecular weight is 408 g/mol. The van der Waals surface area contributed by atoms with Gasteiger partial charge in [0.05, 0.1) is 33.3 Å². The second-order valence-corrected chi connectivity index (χ2v) is 10.9. The third-order valence-electron chi connectivity index (χ3n) is 5.76. The molecule has 0 radical (unpaired) electrons. The number of benzene rings is 1. The van der Waals surface area contributed by atoms with Crippen LogP contribution in [0.15, 0.2) is 24.3 Å². The van der Waals surface area contributed by atoms with Crippen molar-refractivity contribution in [2.45, 2.75) is 31.2 Å². The monoisotopic (exact) mass is 407 g/mol. The van der Waals surface area contributed by atoms with E-state index in [9.17, 15) is 13.2 Å². The minimum atomic E-state index is -2.97. The number of nitrogens with zero attached hydrogens (tertiary/aromatic N) is 3. The van der Waals surface area contributed by atoms with Crippen molar-refractivity contribution in [3.05, 3.63) is 29.3 Å². The second kappa shape index (κ2) is 7.48. The molecule has 27 heavy (non-hydrogen) atoms. The number of piperidine rings is 1. The van der Waals surface area contributed by atoms with Crippen LogP contribution in [0.2, 0.25) is 0 Å². The SMILES string of the molecule is CN(C(=O)CN1CCC(c2nc3ccccc3s2)CC1)[C@@H]1CCS(=O)(=O)C1. The summed E-state index contributed by atoms with van der Waals surface area (Å²) >= 11 is 1.78. The zero-order valence-electron chi connectivity index (χ0n) is 15.5. The number of likely N-dealkylation sites (N-methyl/N-ethyl adjacent to an activating group) is 1. The van der Waals surface area contributed by atoms with Crippen LogP contribution in [0.25, 0.3) is 10.2 Å². The molecule has 0 spiro atoms. The van der Waals surface area contributed by atoms with Gasteiger partial charge < -0.3 is 4.90 Å². The van der Waals surface area contributed by atoms with Crippen molar-refractivity contribution in [3.8, 4) is 0 Å². The molecule has 2 aliphatic heterocycles. The van der Waals surface area contributed by atoms with E-state index in [-0.39, 0.29) is 23.5 Å². The molecule has 2 fully saturated rings. The largest absolute Gasteiger partial charge is 0.341 e. The summed E-state index contributed by atoms with van der Waals surface area (Å²) in [5.74, 6) is 0.791. The van der Waals surface area contributed by atoms with Crippen molar-refractivity contribution in [2.75, 3.05) is 38.2 Å². The summed E-state index contributed by atoms with van der Waals surface area (Å²) in [6.07, 6.45) is 2.58. The Labute approximate surface area is 164 Å². The summed E-state index contributed by atoms with van der Waals surface area (Å²) in [5, 5.41) is 1.20. The van der Waals surface area contributed by atoms with Crippen LogP contribution < -0.4 is 0 Å². The maximum Gasteiger partial charge on any atom is 0.236 e. The van der Waals surface area contributed by atoms with Gasteiger partial charge in [-0.1, -0.05) is 12.1 Å². The first kappa shape index (κ1) is 18.8. The highest BCUT2D eigenvalue weighted by atomic mass is 32.2. The lowest BCUT2D eigenvalue weighted by atomic mass is 9.97. The molecule has 2 aromatic rings. The molecule has 0 saturated carbocycles.